The molecule has 0 spiro atoms. The van der Waals surface area contributed by atoms with E-state index in [2.05, 4.69) is 31.3 Å². The Morgan fingerprint density at radius 2 is 0.553 bits per heavy atom. The van der Waals surface area contributed by atoms with Gasteiger partial charge in [-0.15, -0.1) is 0 Å². The fraction of sp³-hybridized carbons (Fsp3) is 0.924. The van der Waals surface area contributed by atoms with E-state index in [0.717, 1.165) is 38.5 Å². The number of rotatable bonds is 74. The summed E-state index contributed by atoms with van der Waals surface area (Å²) < 4.78 is 5.52. The minimum Gasteiger partial charge on any atom is -0.466 e. The number of carbonyl (C=O) groups is 2. The van der Waals surface area contributed by atoms with Crippen LogP contribution in [0.2, 0.25) is 0 Å². The number of hydrogen-bond acceptors (Lipinski definition) is 5. The molecule has 0 aromatic rings. The number of hydrogen-bond donors (Lipinski definition) is 3. The first-order valence-corrected chi connectivity index (χ1v) is 39.1. The first-order valence-electron chi connectivity index (χ1n) is 39.1. The quantitative estimate of drug-likeness (QED) is 0.0320. The average molecular weight is 1200 g/mol. The predicted octanol–water partition coefficient (Wildman–Crippen LogP) is 25.7. The molecule has 6 heteroatoms. The molecule has 504 valence electrons. The van der Waals surface area contributed by atoms with Crippen molar-refractivity contribution < 1.29 is 24.5 Å². The Hall–Kier alpha value is -1.66. The maximum absolute atomic E-state index is 12.5. The van der Waals surface area contributed by atoms with Crippen LogP contribution in [0.3, 0.4) is 0 Å². The molecular weight excluding hydrogens is 1040 g/mol. The third kappa shape index (κ3) is 71.3. The number of esters is 1. The normalized spacial score (nSPS) is 12.6. The number of aliphatic hydroxyl groups excluding tert-OH is 2. The molecule has 3 N–H and O–H groups in total. The molecule has 0 heterocycles. The minimum absolute atomic E-state index is 0.0261. The van der Waals surface area contributed by atoms with E-state index in [1.165, 1.54) is 379 Å². The second-order valence-electron chi connectivity index (χ2n) is 27.0. The van der Waals surface area contributed by atoms with Crippen LogP contribution >= 0.6 is 0 Å². The van der Waals surface area contributed by atoms with Crippen molar-refractivity contribution in [1.82, 2.24) is 5.32 Å². The van der Waals surface area contributed by atoms with Crippen molar-refractivity contribution in [2.45, 2.75) is 456 Å². The Morgan fingerprint density at radius 1 is 0.318 bits per heavy atom. The van der Waals surface area contributed by atoms with Crippen LogP contribution in [0.5, 0.6) is 0 Å². The number of unbranched alkanes of at least 4 members (excludes halogenated alkanes) is 61. The summed E-state index contributed by atoms with van der Waals surface area (Å²) in [6.07, 6.45) is 95.9. The van der Waals surface area contributed by atoms with Crippen LogP contribution in [0.1, 0.15) is 444 Å². The zero-order chi connectivity index (χ0) is 61.3. The van der Waals surface area contributed by atoms with E-state index in [1.54, 1.807) is 6.08 Å². The van der Waals surface area contributed by atoms with E-state index in [-0.39, 0.29) is 18.5 Å². The summed E-state index contributed by atoms with van der Waals surface area (Å²) in [7, 11) is 0. The fourth-order valence-electron chi connectivity index (χ4n) is 12.5. The Labute approximate surface area is 532 Å². The highest BCUT2D eigenvalue weighted by Gasteiger charge is 2.18. The molecule has 0 bridgehead atoms. The van der Waals surface area contributed by atoms with E-state index in [9.17, 15) is 19.8 Å². The smallest absolute Gasteiger partial charge is 0.305 e. The topological polar surface area (TPSA) is 95.9 Å². The maximum Gasteiger partial charge on any atom is 0.305 e. The van der Waals surface area contributed by atoms with Gasteiger partial charge in [0.05, 0.1) is 25.4 Å². The zero-order valence-corrected chi connectivity index (χ0v) is 57.9. The highest BCUT2D eigenvalue weighted by atomic mass is 16.5. The van der Waals surface area contributed by atoms with Gasteiger partial charge in [0.25, 0.3) is 0 Å². The van der Waals surface area contributed by atoms with Gasteiger partial charge in [-0.2, -0.15) is 0 Å². The Kier molecular flexibility index (Phi) is 73.3. The summed E-state index contributed by atoms with van der Waals surface area (Å²) in [5.41, 5.74) is 0. The summed E-state index contributed by atoms with van der Waals surface area (Å²) in [5, 5.41) is 23.2. The van der Waals surface area contributed by atoms with Gasteiger partial charge in [-0.05, 0) is 57.8 Å². The van der Waals surface area contributed by atoms with Gasteiger partial charge >= 0.3 is 5.97 Å². The van der Waals surface area contributed by atoms with Crippen LogP contribution < -0.4 is 5.32 Å². The molecule has 0 aliphatic carbocycles. The lowest BCUT2D eigenvalue weighted by atomic mass is 10.0. The maximum atomic E-state index is 12.5. The first kappa shape index (κ1) is 83.3. The lowest BCUT2D eigenvalue weighted by molar-refractivity contribution is -0.143. The largest absolute Gasteiger partial charge is 0.466 e. The monoisotopic (exact) mass is 1200 g/mol. The van der Waals surface area contributed by atoms with Crippen molar-refractivity contribution >= 4 is 11.9 Å². The molecule has 85 heavy (non-hydrogen) atoms. The molecule has 6 nitrogen and oxygen atoms in total. The highest BCUT2D eigenvalue weighted by Crippen LogP contribution is 2.20. The van der Waals surface area contributed by atoms with Gasteiger partial charge in [0.2, 0.25) is 5.91 Å². The summed E-state index contributed by atoms with van der Waals surface area (Å²) in [5.74, 6) is -0.0354. The molecule has 0 aromatic heterocycles. The van der Waals surface area contributed by atoms with Crippen LogP contribution in [0.15, 0.2) is 24.3 Å². The Balaban J connectivity index is 3.32. The van der Waals surface area contributed by atoms with E-state index >= 15 is 0 Å². The van der Waals surface area contributed by atoms with Crippen LogP contribution in [0, 0.1) is 0 Å². The van der Waals surface area contributed by atoms with Crippen molar-refractivity contribution in [1.29, 1.82) is 0 Å². The van der Waals surface area contributed by atoms with Gasteiger partial charge in [-0.3, -0.25) is 9.59 Å². The van der Waals surface area contributed by atoms with Crippen molar-refractivity contribution in [3.63, 3.8) is 0 Å². The van der Waals surface area contributed by atoms with Gasteiger partial charge < -0.3 is 20.3 Å². The summed E-state index contributed by atoms with van der Waals surface area (Å²) in [6, 6.07) is -0.624. The minimum atomic E-state index is -0.841. The standard InChI is InChI=1S/C79H153NO5/c1-3-5-7-9-11-13-15-17-19-41-45-49-53-57-61-65-69-73-79(84)85-74-70-66-62-58-54-50-46-43-40-38-36-34-32-30-28-26-24-22-20-21-23-25-27-29-31-33-35-37-39-42-44-48-52-56-60-64-68-72-78(83)80-76(75-81)77(82)71-67-63-59-55-51-47-18-16-14-12-10-8-6-4-2/h20,22,67,71,76-77,81-82H,3-19,21,23-66,68-70,72-75H2,1-2H3,(H,80,83)/b22-20-,71-67+. The molecule has 0 saturated heterocycles. The molecule has 0 aromatic carbocycles. The zero-order valence-electron chi connectivity index (χ0n) is 57.9. The number of carbonyl (C=O) groups excluding carboxylic acids is 2. The molecule has 0 fully saturated rings. The third-order valence-electron chi connectivity index (χ3n) is 18.5. The second-order valence-corrected chi connectivity index (χ2v) is 27.0. The third-order valence-corrected chi connectivity index (χ3v) is 18.5. The number of allylic oxidation sites excluding steroid dienone is 3. The van der Waals surface area contributed by atoms with E-state index in [0.29, 0.717) is 19.4 Å². The summed E-state index contributed by atoms with van der Waals surface area (Å²) in [6.45, 7) is 4.95. The molecule has 0 rings (SSSR count). The summed E-state index contributed by atoms with van der Waals surface area (Å²) >= 11 is 0. The van der Waals surface area contributed by atoms with E-state index < -0.39 is 12.1 Å². The fourth-order valence-corrected chi connectivity index (χ4v) is 12.5. The summed E-state index contributed by atoms with van der Waals surface area (Å²) in [4.78, 5) is 24.6. The first-order chi connectivity index (χ1) is 42.0. The van der Waals surface area contributed by atoms with Gasteiger partial charge in [-0.25, -0.2) is 0 Å². The molecule has 1 amide bonds. The number of aliphatic hydroxyl groups is 2. The molecule has 2 atom stereocenters. The number of ether oxygens (including phenoxy) is 1. The van der Waals surface area contributed by atoms with Crippen molar-refractivity contribution in [2.24, 2.45) is 0 Å². The molecule has 0 aliphatic heterocycles. The second kappa shape index (κ2) is 74.8. The van der Waals surface area contributed by atoms with Gasteiger partial charge in [0.1, 0.15) is 0 Å². The SMILES string of the molecule is CCCCCCCCCCCCCC/C=C/C(O)C(CO)NC(=O)CCCCCCCCCCCCCCCCCCC/C=C\CCCCCCCCCCCCCCCCCCOC(=O)CCCCCCCCCCCCCCCCCCC. The lowest BCUT2D eigenvalue weighted by Crippen LogP contribution is -2.45. The van der Waals surface area contributed by atoms with Crippen LogP contribution in [0.4, 0.5) is 0 Å². The number of amides is 1. The molecular formula is C79H153NO5. The van der Waals surface area contributed by atoms with Crippen molar-refractivity contribution in [3.05, 3.63) is 24.3 Å². The highest BCUT2D eigenvalue weighted by molar-refractivity contribution is 5.76. The van der Waals surface area contributed by atoms with Gasteiger partial charge in [0, 0.05) is 12.8 Å². The number of nitrogens with one attached hydrogen (secondary N) is 1. The van der Waals surface area contributed by atoms with E-state index in [4.69, 9.17) is 4.74 Å². The molecule has 0 saturated carbocycles. The molecule has 0 aliphatic rings. The lowest BCUT2D eigenvalue weighted by Gasteiger charge is -2.20. The average Bonchev–Trinajstić information content (AvgIpc) is 3.51. The van der Waals surface area contributed by atoms with Crippen molar-refractivity contribution in [3.8, 4) is 0 Å². The molecule has 0 radical (unpaired) electrons. The predicted molar refractivity (Wildman–Crippen MR) is 375 cm³/mol. The van der Waals surface area contributed by atoms with Crippen LogP contribution in [0.25, 0.3) is 0 Å². The van der Waals surface area contributed by atoms with Gasteiger partial charge in [-0.1, -0.05) is 398 Å². The van der Waals surface area contributed by atoms with Gasteiger partial charge in [0.15, 0.2) is 0 Å². The molecule has 2 unspecified atom stereocenters. The van der Waals surface area contributed by atoms with E-state index in [1.807, 2.05) is 6.08 Å². The van der Waals surface area contributed by atoms with Crippen LogP contribution in [-0.2, 0) is 14.3 Å². The Bertz CT molecular complexity index is 1330. The van der Waals surface area contributed by atoms with Crippen LogP contribution in [-0.4, -0.2) is 47.4 Å². The van der Waals surface area contributed by atoms with Crippen molar-refractivity contribution in [2.75, 3.05) is 13.2 Å². The Morgan fingerprint density at radius 3 is 0.835 bits per heavy atom.